The third-order valence-corrected chi connectivity index (χ3v) is 4.69. The molecule has 1 rings (SSSR count). The fraction of sp³-hybridized carbons (Fsp3) is 0.467. The minimum atomic E-state index is -0.579. The minimum absolute atomic E-state index is 0.317. The molecule has 0 N–H and O–H groups in total. The SMILES string of the molecule is CSCC/C(=N\OC(=O)C(C)(C)SC)c1ccccc1. The van der Waals surface area contributed by atoms with Crippen LogP contribution in [0.4, 0.5) is 0 Å². The molecule has 0 spiro atoms. The van der Waals surface area contributed by atoms with Gasteiger partial charge < -0.3 is 4.84 Å². The number of rotatable bonds is 7. The van der Waals surface area contributed by atoms with Gasteiger partial charge in [0.25, 0.3) is 0 Å². The van der Waals surface area contributed by atoms with Gasteiger partial charge in [0.1, 0.15) is 4.75 Å². The summed E-state index contributed by atoms with van der Waals surface area (Å²) >= 11 is 3.20. The van der Waals surface area contributed by atoms with E-state index in [-0.39, 0.29) is 5.97 Å². The van der Waals surface area contributed by atoms with Crippen LogP contribution in [0.1, 0.15) is 25.8 Å². The van der Waals surface area contributed by atoms with E-state index >= 15 is 0 Å². The molecule has 0 amide bonds. The highest BCUT2D eigenvalue weighted by molar-refractivity contribution is 8.00. The molecule has 0 unspecified atom stereocenters. The van der Waals surface area contributed by atoms with Gasteiger partial charge in [-0.15, -0.1) is 11.8 Å². The fourth-order valence-electron chi connectivity index (χ4n) is 1.36. The van der Waals surface area contributed by atoms with Crippen LogP contribution in [0.25, 0.3) is 0 Å². The molecule has 0 aliphatic heterocycles. The standard InChI is InChI=1S/C15H21NO2S2/c1-15(2,20-4)14(17)18-16-13(10-11-19-3)12-8-6-5-7-9-12/h5-9H,10-11H2,1-4H3/b16-13+. The first-order chi connectivity index (χ1) is 9.51. The van der Waals surface area contributed by atoms with Crippen LogP contribution in [-0.2, 0) is 9.63 Å². The molecule has 20 heavy (non-hydrogen) atoms. The number of benzene rings is 1. The molecule has 0 saturated carbocycles. The molecule has 0 fully saturated rings. The molecule has 0 aliphatic carbocycles. The molecule has 1 aromatic carbocycles. The van der Waals surface area contributed by atoms with Crippen LogP contribution in [0.2, 0.25) is 0 Å². The van der Waals surface area contributed by atoms with E-state index in [0.717, 1.165) is 23.4 Å². The van der Waals surface area contributed by atoms with Gasteiger partial charge in [-0.25, -0.2) is 4.79 Å². The van der Waals surface area contributed by atoms with Gasteiger partial charge in [-0.05, 0) is 37.7 Å². The van der Waals surface area contributed by atoms with Crippen LogP contribution in [-0.4, -0.2) is 34.7 Å². The highest BCUT2D eigenvalue weighted by Crippen LogP contribution is 2.23. The molecule has 110 valence electrons. The Balaban J connectivity index is 2.84. The Morgan fingerprint density at radius 3 is 2.45 bits per heavy atom. The van der Waals surface area contributed by atoms with E-state index in [2.05, 4.69) is 5.16 Å². The maximum atomic E-state index is 12.0. The predicted molar refractivity (Wildman–Crippen MR) is 89.7 cm³/mol. The lowest BCUT2D eigenvalue weighted by atomic mass is 10.1. The summed E-state index contributed by atoms with van der Waals surface area (Å²) in [7, 11) is 0. The van der Waals surface area contributed by atoms with Crippen molar-refractivity contribution in [2.24, 2.45) is 5.16 Å². The lowest BCUT2D eigenvalue weighted by molar-refractivity contribution is -0.145. The molecular formula is C15H21NO2S2. The smallest absolute Gasteiger partial charge is 0.316 e. The third kappa shape index (κ3) is 5.21. The number of carbonyl (C=O) groups is 1. The van der Waals surface area contributed by atoms with Crippen LogP contribution in [0.15, 0.2) is 35.5 Å². The summed E-state index contributed by atoms with van der Waals surface area (Å²) in [6, 6.07) is 9.83. The Kier molecular flexibility index (Phi) is 7.16. The molecule has 0 aliphatic rings. The van der Waals surface area contributed by atoms with Gasteiger partial charge in [-0.1, -0.05) is 35.5 Å². The van der Waals surface area contributed by atoms with Crippen LogP contribution in [0.5, 0.6) is 0 Å². The van der Waals surface area contributed by atoms with Crippen molar-refractivity contribution >= 4 is 35.2 Å². The molecule has 0 aromatic heterocycles. The van der Waals surface area contributed by atoms with Crippen molar-refractivity contribution in [1.82, 2.24) is 0 Å². The Bertz CT molecular complexity index is 458. The van der Waals surface area contributed by atoms with E-state index < -0.39 is 4.75 Å². The Morgan fingerprint density at radius 2 is 1.90 bits per heavy atom. The zero-order chi connectivity index (χ0) is 15.0. The largest absolute Gasteiger partial charge is 0.350 e. The van der Waals surface area contributed by atoms with E-state index in [1.807, 2.05) is 56.7 Å². The van der Waals surface area contributed by atoms with Crippen molar-refractivity contribution < 1.29 is 9.63 Å². The Morgan fingerprint density at radius 1 is 1.25 bits per heavy atom. The summed E-state index contributed by atoms with van der Waals surface area (Å²) < 4.78 is -0.579. The molecule has 0 radical (unpaired) electrons. The van der Waals surface area contributed by atoms with E-state index in [1.54, 1.807) is 11.8 Å². The number of hydrogen-bond acceptors (Lipinski definition) is 5. The second kappa shape index (κ2) is 8.37. The van der Waals surface area contributed by atoms with Crippen LogP contribution >= 0.6 is 23.5 Å². The number of carbonyl (C=O) groups excluding carboxylic acids is 1. The maximum absolute atomic E-state index is 12.0. The van der Waals surface area contributed by atoms with E-state index in [4.69, 9.17) is 4.84 Å². The van der Waals surface area contributed by atoms with E-state index in [0.29, 0.717) is 0 Å². The average Bonchev–Trinajstić information content (AvgIpc) is 2.48. The maximum Gasteiger partial charge on any atom is 0.350 e. The quantitative estimate of drug-likeness (QED) is 0.436. The first kappa shape index (κ1) is 17.1. The lowest BCUT2D eigenvalue weighted by Crippen LogP contribution is -2.28. The molecular weight excluding hydrogens is 290 g/mol. The Hall–Kier alpha value is -0.940. The number of thioether (sulfide) groups is 2. The summed E-state index contributed by atoms with van der Waals surface area (Å²) in [6.07, 6.45) is 4.71. The van der Waals surface area contributed by atoms with Crippen molar-refractivity contribution in [3.05, 3.63) is 35.9 Å². The summed E-state index contributed by atoms with van der Waals surface area (Å²) in [4.78, 5) is 17.1. The summed E-state index contributed by atoms with van der Waals surface area (Å²) in [6.45, 7) is 3.67. The Labute approximate surface area is 129 Å². The lowest BCUT2D eigenvalue weighted by Gasteiger charge is -2.17. The van der Waals surface area contributed by atoms with Gasteiger partial charge >= 0.3 is 5.97 Å². The zero-order valence-electron chi connectivity index (χ0n) is 12.4. The number of hydrogen-bond donors (Lipinski definition) is 0. The summed E-state index contributed by atoms with van der Waals surface area (Å²) in [5.41, 5.74) is 1.81. The molecule has 1 aromatic rings. The van der Waals surface area contributed by atoms with Crippen LogP contribution in [0, 0.1) is 0 Å². The number of oxime groups is 1. The molecule has 0 heterocycles. The van der Waals surface area contributed by atoms with Crippen molar-refractivity contribution in [3.63, 3.8) is 0 Å². The van der Waals surface area contributed by atoms with Crippen LogP contribution in [0.3, 0.4) is 0 Å². The topological polar surface area (TPSA) is 38.7 Å². The van der Waals surface area contributed by atoms with Gasteiger partial charge in [-0.2, -0.15) is 11.8 Å². The number of nitrogens with zero attached hydrogens (tertiary/aromatic N) is 1. The second-order valence-electron chi connectivity index (χ2n) is 4.74. The van der Waals surface area contributed by atoms with Crippen LogP contribution < -0.4 is 0 Å². The van der Waals surface area contributed by atoms with Gasteiger partial charge in [0.15, 0.2) is 0 Å². The fourth-order valence-corrected chi connectivity index (χ4v) is 1.96. The molecule has 5 heteroatoms. The monoisotopic (exact) mass is 311 g/mol. The highest BCUT2D eigenvalue weighted by Gasteiger charge is 2.28. The second-order valence-corrected chi connectivity index (χ2v) is 7.15. The van der Waals surface area contributed by atoms with Gasteiger partial charge in [0.2, 0.25) is 0 Å². The van der Waals surface area contributed by atoms with E-state index in [1.165, 1.54) is 11.8 Å². The predicted octanol–water partition coefficient (Wildman–Crippen LogP) is 3.83. The first-order valence-corrected chi connectivity index (χ1v) is 9.01. The van der Waals surface area contributed by atoms with Gasteiger partial charge in [-0.3, -0.25) is 0 Å². The molecule has 0 atom stereocenters. The molecule has 3 nitrogen and oxygen atoms in total. The third-order valence-electron chi connectivity index (χ3n) is 2.89. The van der Waals surface area contributed by atoms with Crippen molar-refractivity contribution in [1.29, 1.82) is 0 Å². The minimum Gasteiger partial charge on any atom is -0.316 e. The average molecular weight is 311 g/mol. The summed E-state index contributed by atoms with van der Waals surface area (Å²) in [5, 5.41) is 4.09. The molecule has 0 saturated heterocycles. The highest BCUT2D eigenvalue weighted by atomic mass is 32.2. The first-order valence-electron chi connectivity index (χ1n) is 6.39. The van der Waals surface area contributed by atoms with Crippen molar-refractivity contribution in [2.75, 3.05) is 18.3 Å². The molecule has 0 bridgehead atoms. The van der Waals surface area contributed by atoms with Crippen molar-refractivity contribution in [3.8, 4) is 0 Å². The van der Waals surface area contributed by atoms with Crippen molar-refractivity contribution in [2.45, 2.75) is 25.0 Å². The zero-order valence-corrected chi connectivity index (χ0v) is 14.0. The normalized spacial score (nSPS) is 12.3. The van der Waals surface area contributed by atoms with E-state index in [9.17, 15) is 4.79 Å². The van der Waals surface area contributed by atoms with Gasteiger partial charge in [0, 0.05) is 6.42 Å². The van der Waals surface area contributed by atoms with Gasteiger partial charge in [0.05, 0.1) is 5.71 Å². The summed E-state index contributed by atoms with van der Waals surface area (Å²) in [5.74, 6) is 0.625.